The second-order valence-electron chi connectivity index (χ2n) is 8.85. The number of carbonyl (C=O) groups is 3. The maximum atomic E-state index is 13.5. The van der Waals surface area contributed by atoms with Crippen molar-refractivity contribution in [2.75, 3.05) is 20.3 Å². The summed E-state index contributed by atoms with van der Waals surface area (Å²) in [6.07, 6.45) is 7.15. The van der Waals surface area contributed by atoms with Crippen LogP contribution >= 0.6 is 0 Å². The van der Waals surface area contributed by atoms with Crippen LogP contribution in [0.5, 0.6) is 0 Å². The van der Waals surface area contributed by atoms with E-state index in [9.17, 15) is 19.5 Å². The molecular formula is C22H34N4O5. The quantitative estimate of drug-likeness (QED) is 0.364. The minimum Gasteiger partial charge on any atom is -0.385 e. The van der Waals surface area contributed by atoms with E-state index in [1.165, 1.54) is 31.0 Å². The molecule has 31 heavy (non-hydrogen) atoms. The van der Waals surface area contributed by atoms with Gasteiger partial charge in [0.2, 0.25) is 11.7 Å². The van der Waals surface area contributed by atoms with Gasteiger partial charge >= 0.3 is 0 Å². The number of aromatic nitrogens is 2. The highest BCUT2D eigenvalue weighted by molar-refractivity contribution is 6.09. The Bertz CT molecular complexity index is 813. The van der Waals surface area contributed by atoms with E-state index >= 15 is 0 Å². The number of ketones is 1. The standard InChI is InChI=1S/C22H34N4O5/c1-15(27)19(28)17-18-20(29)26(11-8-12-31-3)22(2,13-25(18)14-23-17)21(30)24-16-9-6-4-5-7-10-16/h14-16,27H,4-13H2,1-3H3,(H,24,30). The van der Waals surface area contributed by atoms with Crippen LogP contribution in [0.4, 0.5) is 0 Å². The molecule has 1 aliphatic heterocycles. The highest BCUT2D eigenvalue weighted by Crippen LogP contribution is 2.30. The van der Waals surface area contributed by atoms with Gasteiger partial charge in [-0.1, -0.05) is 25.7 Å². The number of hydrogen-bond acceptors (Lipinski definition) is 6. The number of aliphatic hydroxyl groups is 1. The van der Waals surface area contributed by atoms with Crippen molar-refractivity contribution in [1.82, 2.24) is 19.8 Å². The number of nitrogens with zero attached hydrogens (tertiary/aromatic N) is 3. The first-order chi connectivity index (χ1) is 14.8. The van der Waals surface area contributed by atoms with Crippen LogP contribution in [0.2, 0.25) is 0 Å². The van der Waals surface area contributed by atoms with Crippen molar-refractivity contribution >= 4 is 17.6 Å². The summed E-state index contributed by atoms with van der Waals surface area (Å²) in [5, 5.41) is 12.9. The van der Waals surface area contributed by atoms with Crippen molar-refractivity contribution in [2.24, 2.45) is 0 Å². The van der Waals surface area contributed by atoms with E-state index in [1.807, 2.05) is 0 Å². The predicted octanol–water partition coefficient (Wildman–Crippen LogP) is 1.54. The average molecular weight is 435 g/mol. The largest absolute Gasteiger partial charge is 0.385 e. The van der Waals surface area contributed by atoms with E-state index in [4.69, 9.17) is 4.74 Å². The molecule has 2 unspecified atom stereocenters. The van der Waals surface area contributed by atoms with Crippen LogP contribution in [-0.2, 0) is 16.1 Å². The molecule has 1 aromatic rings. The van der Waals surface area contributed by atoms with Crippen molar-refractivity contribution < 1.29 is 24.2 Å². The van der Waals surface area contributed by atoms with E-state index in [0.29, 0.717) is 19.6 Å². The Morgan fingerprint density at radius 1 is 1.32 bits per heavy atom. The number of imidazole rings is 1. The molecule has 9 heteroatoms. The van der Waals surface area contributed by atoms with E-state index < -0.39 is 23.3 Å². The molecule has 0 spiro atoms. The maximum absolute atomic E-state index is 13.5. The number of methoxy groups -OCH3 is 1. The molecule has 9 nitrogen and oxygen atoms in total. The molecule has 1 aromatic heterocycles. The van der Waals surface area contributed by atoms with Crippen LogP contribution in [0.3, 0.4) is 0 Å². The Hall–Kier alpha value is -2.26. The lowest BCUT2D eigenvalue weighted by molar-refractivity contribution is -0.133. The normalized spacial score (nSPS) is 23.2. The first-order valence-electron chi connectivity index (χ1n) is 11.2. The van der Waals surface area contributed by atoms with E-state index in [1.54, 1.807) is 18.6 Å². The number of hydrogen-bond donors (Lipinski definition) is 2. The molecule has 172 valence electrons. The zero-order valence-corrected chi connectivity index (χ0v) is 18.7. The van der Waals surface area contributed by atoms with Gasteiger partial charge in [-0.3, -0.25) is 14.4 Å². The fourth-order valence-corrected chi connectivity index (χ4v) is 4.55. The number of amides is 2. The molecule has 3 rings (SSSR count). The molecule has 2 N–H and O–H groups in total. The summed E-state index contributed by atoms with van der Waals surface area (Å²) >= 11 is 0. The van der Waals surface area contributed by atoms with Crippen molar-refractivity contribution in [3.05, 3.63) is 17.7 Å². The Morgan fingerprint density at radius 3 is 2.61 bits per heavy atom. The number of fused-ring (bicyclic) bond motifs is 1. The van der Waals surface area contributed by atoms with Crippen LogP contribution < -0.4 is 5.32 Å². The molecule has 2 atom stereocenters. The van der Waals surface area contributed by atoms with Crippen molar-refractivity contribution in [1.29, 1.82) is 0 Å². The van der Waals surface area contributed by atoms with Crippen molar-refractivity contribution in [2.45, 2.75) is 83.0 Å². The van der Waals surface area contributed by atoms with Crippen LogP contribution in [-0.4, -0.2) is 75.1 Å². The summed E-state index contributed by atoms with van der Waals surface area (Å²) in [5.41, 5.74) is -1.04. The summed E-state index contributed by atoms with van der Waals surface area (Å²) in [6.45, 7) is 4.07. The van der Waals surface area contributed by atoms with Gasteiger partial charge in [0, 0.05) is 26.3 Å². The van der Waals surface area contributed by atoms with E-state index in [2.05, 4.69) is 10.3 Å². The highest BCUT2D eigenvalue weighted by atomic mass is 16.5. The lowest BCUT2D eigenvalue weighted by atomic mass is 9.92. The fourth-order valence-electron chi connectivity index (χ4n) is 4.55. The van der Waals surface area contributed by atoms with Crippen LogP contribution in [0, 0.1) is 0 Å². The van der Waals surface area contributed by atoms with E-state index in [-0.39, 0.29) is 29.9 Å². The molecule has 1 aliphatic carbocycles. The molecule has 2 amide bonds. The molecule has 0 saturated heterocycles. The predicted molar refractivity (Wildman–Crippen MR) is 114 cm³/mol. The summed E-state index contributed by atoms with van der Waals surface area (Å²) in [5.74, 6) is -1.22. The third kappa shape index (κ3) is 4.82. The molecule has 2 aliphatic rings. The first kappa shape index (κ1) is 23.4. The molecule has 0 aromatic carbocycles. The van der Waals surface area contributed by atoms with Crippen molar-refractivity contribution in [3.63, 3.8) is 0 Å². The molecular weight excluding hydrogens is 400 g/mol. The van der Waals surface area contributed by atoms with Gasteiger partial charge in [-0.05, 0) is 33.1 Å². The lowest BCUT2D eigenvalue weighted by Gasteiger charge is -2.44. The zero-order valence-electron chi connectivity index (χ0n) is 18.7. The first-order valence-corrected chi connectivity index (χ1v) is 11.2. The number of carbonyl (C=O) groups excluding carboxylic acids is 3. The van der Waals surface area contributed by atoms with Gasteiger partial charge in [0.05, 0.1) is 12.9 Å². The summed E-state index contributed by atoms with van der Waals surface area (Å²) in [7, 11) is 1.59. The summed E-state index contributed by atoms with van der Waals surface area (Å²) < 4.78 is 6.70. The third-order valence-electron chi connectivity index (χ3n) is 6.38. The Kier molecular flexibility index (Phi) is 7.48. The highest BCUT2D eigenvalue weighted by Gasteiger charge is 2.49. The van der Waals surface area contributed by atoms with Gasteiger partial charge in [0.1, 0.15) is 23.0 Å². The van der Waals surface area contributed by atoms with Gasteiger partial charge in [0.25, 0.3) is 5.91 Å². The zero-order chi connectivity index (χ0) is 22.6. The van der Waals surface area contributed by atoms with Crippen LogP contribution in [0.25, 0.3) is 0 Å². The Labute approximate surface area is 183 Å². The fraction of sp³-hybridized carbons (Fsp3) is 0.727. The lowest BCUT2D eigenvalue weighted by Crippen LogP contribution is -2.65. The summed E-state index contributed by atoms with van der Waals surface area (Å²) in [6, 6.07) is 0.110. The number of ether oxygens (including phenoxy) is 1. The van der Waals surface area contributed by atoms with Gasteiger partial charge in [0.15, 0.2) is 0 Å². The number of rotatable bonds is 8. The van der Waals surface area contributed by atoms with Gasteiger partial charge in [-0.25, -0.2) is 4.98 Å². The summed E-state index contributed by atoms with van der Waals surface area (Å²) in [4.78, 5) is 45.0. The van der Waals surface area contributed by atoms with E-state index in [0.717, 1.165) is 25.7 Å². The smallest absolute Gasteiger partial charge is 0.273 e. The van der Waals surface area contributed by atoms with Crippen LogP contribution in [0.1, 0.15) is 79.8 Å². The molecule has 0 bridgehead atoms. The van der Waals surface area contributed by atoms with Crippen molar-refractivity contribution in [3.8, 4) is 0 Å². The second-order valence-corrected chi connectivity index (χ2v) is 8.85. The Morgan fingerprint density at radius 2 is 2.00 bits per heavy atom. The molecule has 2 heterocycles. The maximum Gasteiger partial charge on any atom is 0.273 e. The average Bonchev–Trinajstić information content (AvgIpc) is 2.97. The minimum absolute atomic E-state index is 0.0528. The Balaban J connectivity index is 1.91. The van der Waals surface area contributed by atoms with Gasteiger partial charge in [-0.15, -0.1) is 0 Å². The third-order valence-corrected chi connectivity index (χ3v) is 6.38. The molecule has 0 radical (unpaired) electrons. The molecule has 1 saturated carbocycles. The topological polar surface area (TPSA) is 114 Å². The minimum atomic E-state index is -1.26. The second kappa shape index (κ2) is 9.91. The number of Topliss-reactive ketones (excluding diaryl/α,β-unsaturated/α-hetero) is 1. The van der Waals surface area contributed by atoms with Crippen LogP contribution in [0.15, 0.2) is 6.33 Å². The monoisotopic (exact) mass is 434 g/mol. The number of nitrogens with one attached hydrogen (secondary N) is 1. The SMILES string of the molecule is COCCCN1C(=O)c2c(C(=O)C(C)O)ncn2CC1(C)C(=O)NC1CCCCCC1. The molecule has 1 fully saturated rings. The number of aliphatic hydroxyl groups excluding tert-OH is 1. The van der Waals surface area contributed by atoms with Gasteiger partial charge in [-0.2, -0.15) is 0 Å². The van der Waals surface area contributed by atoms with Gasteiger partial charge < -0.3 is 24.6 Å².